The molecule has 0 radical (unpaired) electrons. The summed E-state index contributed by atoms with van der Waals surface area (Å²) in [5, 5.41) is 12.7. The molecule has 1 rings (SSSR count). The summed E-state index contributed by atoms with van der Waals surface area (Å²) in [6.45, 7) is 1.29. The molecule has 7 nitrogen and oxygen atoms in total. The van der Waals surface area contributed by atoms with Gasteiger partial charge in [-0.05, 0) is 13.0 Å². The average molecular weight is 223 g/mol. The van der Waals surface area contributed by atoms with Crippen molar-refractivity contribution in [3.05, 3.63) is 28.4 Å². The zero-order valence-electron chi connectivity index (χ0n) is 8.47. The number of Topliss-reactive ketones (excluding diaryl/α,β-unsaturated/α-hetero) is 1. The Morgan fingerprint density at radius 3 is 2.62 bits per heavy atom. The summed E-state index contributed by atoms with van der Waals surface area (Å²) >= 11 is 0. The van der Waals surface area contributed by atoms with Gasteiger partial charge in [0.15, 0.2) is 0 Å². The number of pyridine rings is 1. The first-order chi connectivity index (χ1) is 7.49. The van der Waals surface area contributed by atoms with Gasteiger partial charge < -0.3 is 5.32 Å². The molecular formula is C9H9N3O4. The van der Waals surface area contributed by atoms with Crippen molar-refractivity contribution in [2.24, 2.45) is 0 Å². The number of anilines is 1. The van der Waals surface area contributed by atoms with E-state index in [1.54, 1.807) is 0 Å². The highest BCUT2D eigenvalue weighted by molar-refractivity contribution is 6.03. The Bertz CT molecular complexity index is 427. The second-order valence-electron chi connectivity index (χ2n) is 3.09. The van der Waals surface area contributed by atoms with Crippen LogP contribution in [0, 0.1) is 10.1 Å². The van der Waals surface area contributed by atoms with Crippen LogP contribution in [0.5, 0.6) is 0 Å². The number of hydrogen-bond acceptors (Lipinski definition) is 5. The smallest absolute Gasteiger partial charge is 0.287 e. The Kier molecular flexibility index (Phi) is 3.65. The summed E-state index contributed by atoms with van der Waals surface area (Å²) in [7, 11) is 0. The van der Waals surface area contributed by atoms with Crippen LogP contribution in [-0.4, -0.2) is 21.6 Å². The number of ketones is 1. The third kappa shape index (κ3) is 3.45. The van der Waals surface area contributed by atoms with Gasteiger partial charge in [-0.1, -0.05) is 0 Å². The van der Waals surface area contributed by atoms with Crippen molar-refractivity contribution in [1.82, 2.24) is 4.98 Å². The molecule has 0 aromatic carbocycles. The minimum absolute atomic E-state index is 0.162. The van der Waals surface area contributed by atoms with Gasteiger partial charge in [-0.3, -0.25) is 19.7 Å². The lowest BCUT2D eigenvalue weighted by Gasteiger charge is -2.01. The maximum atomic E-state index is 11.1. The fourth-order valence-electron chi connectivity index (χ4n) is 0.981. The summed E-state index contributed by atoms with van der Waals surface area (Å²) < 4.78 is 0. The first kappa shape index (κ1) is 11.8. The minimum Gasteiger partial charge on any atom is -0.310 e. The SMILES string of the molecule is CC(=O)CC(=O)Nc1ccc([N+](=O)[O-])cn1. The van der Waals surface area contributed by atoms with Crippen molar-refractivity contribution in [2.75, 3.05) is 5.32 Å². The van der Waals surface area contributed by atoms with E-state index < -0.39 is 10.8 Å². The predicted octanol–water partition coefficient (Wildman–Crippen LogP) is 0.907. The molecule has 0 aliphatic rings. The number of hydrogen-bond donors (Lipinski definition) is 1. The molecule has 1 aromatic rings. The molecule has 0 bridgehead atoms. The molecule has 0 saturated heterocycles. The second-order valence-corrected chi connectivity index (χ2v) is 3.09. The van der Waals surface area contributed by atoms with Crippen LogP contribution in [0.1, 0.15) is 13.3 Å². The highest BCUT2D eigenvalue weighted by Gasteiger charge is 2.08. The Morgan fingerprint density at radius 2 is 2.19 bits per heavy atom. The normalized spacial score (nSPS) is 9.56. The van der Waals surface area contributed by atoms with Crippen LogP contribution in [0.25, 0.3) is 0 Å². The molecule has 0 fully saturated rings. The molecule has 1 amide bonds. The third-order valence-corrected chi connectivity index (χ3v) is 1.64. The minimum atomic E-state index is -0.589. The quantitative estimate of drug-likeness (QED) is 0.464. The lowest BCUT2D eigenvalue weighted by atomic mass is 10.3. The van der Waals surface area contributed by atoms with Crippen molar-refractivity contribution in [1.29, 1.82) is 0 Å². The van der Waals surface area contributed by atoms with Crippen LogP contribution in [0.3, 0.4) is 0 Å². The topological polar surface area (TPSA) is 102 Å². The molecule has 1 aromatic heterocycles. The Hall–Kier alpha value is -2.31. The number of aromatic nitrogens is 1. The van der Waals surface area contributed by atoms with Gasteiger partial charge in [0.2, 0.25) is 5.91 Å². The number of nitrogens with one attached hydrogen (secondary N) is 1. The number of carbonyl (C=O) groups excluding carboxylic acids is 2. The van der Waals surface area contributed by atoms with Gasteiger partial charge in [0, 0.05) is 6.07 Å². The maximum Gasteiger partial charge on any atom is 0.287 e. The van der Waals surface area contributed by atoms with Gasteiger partial charge in [-0.15, -0.1) is 0 Å². The van der Waals surface area contributed by atoms with Crippen LogP contribution >= 0.6 is 0 Å². The monoisotopic (exact) mass is 223 g/mol. The van der Waals surface area contributed by atoms with Crippen LogP contribution in [0.4, 0.5) is 11.5 Å². The standard InChI is InChI=1S/C9H9N3O4/c1-6(13)4-9(14)11-8-3-2-7(5-10-8)12(15)16/h2-3,5H,4H2,1H3,(H,10,11,14). The van der Waals surface area contributed by atoms with E-state index in [4.69, 9.17) is 0 Å². The van der Waals surface area contributed by atoms with Crippen LogP contribution < -0.4 is 5.32 Å². The predicted molar refractivity (Wildman–Crippen MR) is 54.8 cm³/mol. The number of nitrogens with zero attached hydrogens (tertiary/aromatic N) is 2. The summed E-state index contributed by atoms with van der Waals surface area (Å²) in [5.74, 6) is -0.579. The number of carbonyl (C=O) groups is 2. The zero-order valence-corrected chi connectivity index (χ0v) is 8.47. The molecule has 1 heterocycles. The number of nitro groups is 1. The Morgan fingerprint density at radius 1 is 1.50 bits per heavy atom. The zero-order chi connectivity index (χ0) is 12.1. The van der Waals surface area contributed by atoms with Gasteiger partial charge in [-0.25, -0.2) is 4.98 Å². The second kappa shape index (κ2) is 4.96. The summed E-state index contributed by atoms with van der Waals surface area (Å²) in [4.78, 5) is 35.1. The Balaban J connectivity index is 2.65. The molecule has 0 saturated carbocycles. The van der Waals surface area contributed by atoms with E-state index in [0.29, 0.717) is 0 Å². The first-order valence-corrected chi connectivity index (χ1v) is 4.39. The Labute approximate surface area is 90.6 Å². The van der Waals surface area contributed by atoms with Crippen LogP contribution in [-0.2, 0) is 9.59 Å². The number of amides is 1. The summed E-state index contributed by atoms with van der Waals surface area (Å²) in [6.07, 6.45) is 0.794. The van der Waals surface area contributed by atoms with Crippen LogP contribution in [0.15, 0.2) is 18.3 Å². The highest BCUT2D eigenvalue weighted by Crippen LogP contribution is 2.11. The molecule has 84 valence electrons. The number of rotatable bonds is 4. The fourth-order valence-corrected chi connectivity index (χ4v) is 0.981. The summed E-state index contributed by atoms with van der Waals surface area (Å²) in [6, 6.07) is 2.52. The van der Waals surface area contributed by atoms with Crippen LogP contribution in [0.2, 0.25) is 0 Å². The van der Waals surface area contributed by atoms with Crippen molar-refractivity contribution in [3.8, 4) is 0 Å². The molecule has 0 spiro atoms. The maximum absolute atomic E-state index is 11.1. The van der Waals surface area contributed by atoms with E-state index in [0.717, 1.165) is 6.20 Å². The highest BCUT2D eigenvalue weighted by atomic mass is 16.6. The van der Waals surface area contributed by atoms with E-state index in [2.05, 4.69) is 10.3 Å². The lowest BCUT2D eigenvalue weighted by molar-refractivity contribution is -0.385. The van der Waals surface area contributed by atoms with Gasteiger partial charge in [0.05, 0.1) is 11.3 Å². The van der Waals surface area contributed by atoms with Crippen molar-refractivity contribution in [3.63, 3.8) is 0 Å². The van der Waals surface area contributed by atoms with Gasteiger partial charge >= 0.3 is 0 Å². The first-order valence-electron chi connectivity index (χ1n) is 4.39. The molecule has 0 aliphatic heterocycles. The van der Waals surface area contributed by atoms with E-state index >= 15 is 0 Å². The van der Waals surface area contributed by atoms with Gasteiger partial charge in [-0.2, -0.15) is 0 Å². The van der Waals surface area contributed by atoms with E-state index in [-0.39, 0.29) is 23.7 Å². The molecular weight excluding hydrogens is 214 g/mol. The van der Waals surface area contributed by atoms with Crippen molar-refractivity contribution in [2.45, 2.75) is 13.3 Å². The fraction of sp³-hybridized carbons (Fsp3) is 0.222. The third-order valence-electron chi connectivity index (χ3n) is 1.64. The van der Waals surface area contributed by atoms with Crippen molar-refractivity contribution >= 4 is 23.2 Å². The molecule has 0 unspecified atom stereocenters. The molecule has 16 heavy (non-hydrogen) atoms. The molecule has 0 aliphatic carbocycles. The lowest BCUT2D eigenvalue weighted by Crippen LogP contribution is -2.15. The molecule has 0 atom stereocenters. The van der Waals surface area contributed by atoms with Gasteiger partial charge in [0.1, 0.15) is 17.8 Å². The van der Waals surface area contributed by atoms with Gasteiger partial charge in [0.25, 0.3) is 5.69 Å². The summed E-state index contributed by atoms with van der Waals surface area (Å²) in [5.41, 5.74) is -0.162. The molecule has 7 heteroatoms. The van der Waals surface area contributed by atoms with E-state index in [9.17, 15) is 19.7 Å². The largest absolute Gasteiger partial charge is 0.310 e. The average Bonchev–Trinajstić information content (AvgIpc) is 2.16. The molecule has 1 N–H and O–H groups in total. The van der Waals surface area contributed by atoms with Crippen molar-refractivity contribution < 1.29 is 14.5 Å². The van der Waals surface area contributed by atoms with E-state index in [1.807, 2.05) is 0 Å². The van der Waals surface area contributed by atoms with E-state index in [1.165, 1.54) is 19.1 Å².